The second-order valence-electron chi connectivity index (χ2n) is 3.25. The summed E-state index contributed by atoms with van der Waals surface area (Å²) >= 11 is 3.30. The van der Waals surface area contributed by atoms with Crippen LogP contribution in [-0.4, -0.2) is 16.1 Å². The molecule has 0 atom stereocenters. The number of carbonyl (C=O) groups is 1. The summed E-state index contributed by atoms with van der Waals surface area (Å²) in [5.41, 5.74) is 0.498. The van der Waals surface area contributed by atoms with Gasteiger partial charge in [-0.15, -0.1) is 0 Å². The zero-order chi connectivity index (χ0) is 11.5. The fraction of sp³-hybridized carbons (Fsp3) is 0.0909. The minimum absolute atomic E-state index is 0.498. The molecular weight excluding hydrogens is 272 g/mol. The molecule has 0 aliphatic heterocycles. The zero-order valence-corrected chi connectivity index (χ0v) is 10.1. The van der Waals surface area contributed by atoms with Gasteiger partial charge < -0.3 is 4.74 Å². The summed E-state index contributed by atoms with van der Waals surface area (Å²) in [4.78, 5) is 10.9. The number of nitrogens with zero attached hydrogens (tertiary/aromatic N) is 2. The van der Waals surface area contributed by atoms with Crippen molar-refractivity contribution in [3.63, 3.8) is 0 Å². The molecule has 0 bridgehead atoms. The Balaban J connectivity index is 2.30. The monoisotopic (exact) mass is 280 g/mol. The largest absolute Gasteiger partial charge is 0.453 e. The molecule has 82 valence electrons. The molecule has 0 saturated carbocycles. The summed E-state index contributed by atoms with van der Waals surface area (Å²) in [6.45, 7) is 0. The molecule has 0 saturated heterocycles. The van der Waals surface area contributed by atoms with E-state index in [1.807, 2.05) is 6.07 Å². The number of aromatic nitrogens is 2. The molecule has 0 N–H and O–H groups in total. The lowest BCUT2D eigenvalue weighted by molar-refractivity contribution is 0.112. The first-order chi connectivity index (χ1) is 7.69. The van der Waals surface area contributed by atoms with Crippen molar-refractivity contribution in [1.82, 2.24) is 9.78 Å². The third-order valence-corrected chi connectivity index (χ3v) is 2.50. The van der Waals surface area contributed by atoms with Gasteiger partial charge in [0.1, 0.15) is 5.75 Å². The van der Waals surface area contributed by atoms with E-state index in [1.165, 1.54) is 0 Å². The van der Waals surface area contributed by atoms with Crippen molar-refractivity contribution in [2.75, 3.05) is 0 Å². The number of carbonyl (C=O) groups excluding carboxylic acids is 1. The molecule has 4 nitrogen and oxygen atoms in total. The first kappa shape index (κ1) is 10.9. The predicted octanol–water partition coefficient (Wildman–Crippen LogP) is 2.79. The van der Waals surface area contributed by atoms with Crippen LogP contribution >= 0.6 is 15.9 Å². The number of benzene rings is 1. The predicted molar refractivity (Wildman–Crippen MR) is 62.8 cm³/mol. The van der Waals surface area contributed by atoms with Gasteiger partial charge in [0.25, 0.3) is 0 Å². The van der Waals surface area contributed by atoms with Crippen LogP contribution in [0.2, 0.25) is 0 Å². The quantitative estimate of drug-likeness (QED) is 0.812. The van der Waals surface area contributed by atoms with Gasteiger partial charge in [0.2, 0.25) is 0 Å². The van der Waals surface area contributed by atoms with Crippen molar-refractivity contribution in [3.05, 3.63) is 40.6 Å². The molecule has 0 aliphatic carbocycles. The van der Waals surface area contributed by atoms with Crippen LogP contribution in [0.1, 0.15) is 10.4 Å². The SMILES string of the molecule is Cn1cc(Oc2ccc(Br)cc2C=O)cn1. The van der Waals surface area contributed by atoms with Gasteiger partial charge in [0, 0.05) is 11.5 Å². The highest BCUT2D eigenvalue weighted by atomic mass is 79.9. The molecule has 16 heavy (non-hydrogen) atoms. The molecule has 1 aromatic heterocycles. The minimum Gasteiger partial charge on any atom is -0.453 e. The van der Waals surface area contributed by atoms with Crippen LogP contribution in [-0.2, 0) is 7.05 Å². The normalized spacial score (nSPS) is 10.1. The molecule has 0 unspecified atom stereocenters. The van der Waals surface area contributed by atoms with E-state index in [4.69, 9.17) is 4.74 Å². The van der Waals surface area contributed by atoms with Gasteiger partial charge in [0.15, 0.2) is 12.0 Å². The smallest absolute Gasteiger partial charge is 0.165 e. The lowest BCUT2D eigenvalue weighted by Gasteiger charge is -2.05. The average molecular weight is 281 g/mol. The van der Waals surface area contributed by atoms with Crippen LogP contribution in [0.3, 0.4) is 0 Å². The number of halogens is 1. The van der Waals surface area contributed by atoms with Gasteiger partial charge in [-0.25, -0.2) is 0 Å². The lowest BCUT2D eigenvalue weighted by Crippen LogP contribution is -1.89. The molecule has 2 aromatic rings. The maximum absolute atomic E-state index is 10.9. The van der Waals surface area contributed by atoms with E-state index in [9.17, 15) is 4.79 Å². The van der Waals surface area contributed by atoms with Gasteiger partial charge in [-0.3, -0.25) is 9.48 Å². The number of hydrogen-bond acceptors (Lipinski definition) is 3. The molecule has 0 aliphatic rings. The summed E-state index contributed by atoms with van der Waals surface area (Å²) < 4.78 is 8.02. The van der Waals surface area contributed by atoms with Crippen molar-refractivity contribution in [3.8, 4) is 11.5 Å². The maximum Gasteiger partial charge on any atom is 0.165 e. The lowest BCUT2D eigenvalue weighted by atomic mass is 10.2. The Bertz CT molecular complexity index is 522. The van der Waals surface area contributed by atoms with E-state index in [1.54, 1.807) is 36.3 Å². The number of hydrogen-bond donors (Lipinski definition) is 0. The van der Waals surface area contributed by atoms with E-state index in [0.29, 0.717) is 17.1 Å². The summed E-state index contributed by atoms with van der Waals surface area (Å²) in [7, 11) is 1.80. The Labute approximate surface area is 101 Å². The Morgan fingerprint density at radius 1 is 1.50 bits per heavy atom. The van der Waals surface area contributed by atoms with Crippen molar-refractivity contribution in [1.29, 1.82) is 0 Å². The maximum atomic E-state index is 10.9. The molecule has 0 radical (unpaired) electrons. The molecule has 0 amide bonds. The number of aryl methyl sites for hydroxylation is 1. The Kier molecular flexibility index (Phi) is 3.05. The van der Waals surface area contributed by atoms with Crippen molar-refractivity contribution in [2.24, 2.45) is 7.05 Å². The van der Waals surface area contributed by atoms with E-state index < -0.39 is 0 Å². The van der Waals surface area contributed by atoms with Crippen molar-refractivity contribution >= 4 is 22.2 Å². The first-order valence-corrected chi connectivity index (χ1v) is 5.39. The number of aldehydes is 1. The molecule has 0 spiro atoms. The third-order valence-electron chi connectivity index (χ3n) is 2.01. The molecule has 1 heterocycles. The highest BCUT2D eigenvalue weighted by Gasteiger charge is 2.06. The van der Waals surface area contributed by atoms with Crippen molar-refractivity contribution in [2.45, 2.75) is 0 Å². The van der Waals surface area contributed by atoms with Crippen LogP contribution in [0, 0.1) is 0 Å². The molecule has 0 fully saturated rings. The average Bonchev–Trinajstić information content (AvgIpc) is 2.67. The highest BCUT2D eigenvalue weighted by molar-refractivity contribution is 9.10. The van der Waals surface area contributed by atoms with Crippen LogP contribution in [0.25, 0.3) is 0 Å². The topological polar surface area (TPSA) is 44.1 Å². The first-order valence-electron chi connectivity index (χ1n) is 4.60. The Morgan fingerprint density at radius 3 is 2.94 bits per heavy atom. The summed E-state index contributed by atoms with van der Waals surface area (Å²) in [5, 5.41) is 3.98. The standard InChI is InChI=1S/C11H9BrN2O2/c1-14-6-10(5-13-14)16-11-3-2-9(12)4-8(11)7-15/h2-7H,1H3. The summed E-state index contributed by atoms with van der Waals surface area (Å²) in [6.07, 6.45) is 4.09. The van der Waals surface area contributed by atoms with Gasteiger partial charge in [0.05, 0.1) is 18.0 Å². The second-order valence-corrected chi connectivity index (χ2v) is 4.17. The molecule has 5 heteroatoms. The summed E-state index contributed by atoms with van der Waals surface area (Å²) in [5.74, 6) is 1.12. The Morgan fingerprint density at radius 2 is 2.31 bits per heavy atom. The fourth-order valence-electron chi connectivity index (χ4n) is 1.28. The van der Waals surface area contributed by atoms with Crippen LogP contribution in [0.15, 0.2) is 35.1 Å². The van der Waals surface area contributed by atoms with E-state index >= 15 is 0 Å². The fourth-order valence-corrected chi connectivity index (χ4v) is 1.66. The van der Waals surface area contributed by atoms with Gasteiger partial charge in [-0.1, -0.05) is 15.9 Å². The van der Waals surface area contributed by atoms with Gasteiger partial charge in [-0.2, -0.15) is 5.10 Å². The molecule has 1 aromatic carbocycles. The minimum atomic E-state index is 0.498. The molecular formula is C11H9BrN2O2. The number of rotatable bonds is 3. The Hall–Kier alpha value is -1.62. The zero-order valence-electron chi connectivity index (χ0n) is 8.55. The third kappa shape index (κ3) is 2.30. The van der Waals surface area contributed by atoms with Crippen LogP contribution in [0.5, 0.6) is 11.5 Å². The van der Waals surface area contributed by atoms with Gasteiger partial charge in [-0.05, 0) is 18.2 Å². The van der Waals surface area contributed by atoms with Crippen LogP contribution in [0.4, 0.5) is 0 Å². The molecule has 2 rings (SSSR count). The van der Waals surface area contributed by atoms with E-state index in [0.717, 1.165) is 10.8 Å². The van der Waals surface area contributed by atoms with E-state index in [-0.39, 0.29) is 0 Å². The van der Waals surface area contributed by atoms with E-state index in [2.05, 4.69) is 21.0 Å². The number of ether oxygens (including phenoxy) is 1. The second kappa shape index (κ2) is 4.49. The summed E-state index contributed by atoms with van der Waals surface area (Å²) in [6, 6.07) is 5.26. The van der Waals surface area contributed by atoms with Crippen LogP contribution < -0.4 is 4.74 Å². The van der Waals surface area contributed by atoms with Gasteiger partial charge >= 0.3 is 0 Å². The van der Waals surface area contributed by atoms with Crippen molar-refractivity contribution < 1.29 is 9.53 Å². The highest BCUT2D eigenvalue weighted by Crippen LogP contribution is 2.26.